The topological polar surface area (TPSA) is 9.86 Å². The molecule has 0 atom stereocenters. The molecule has 2 nitrogen and oxygen atoms in total. The highest BCUT2D eigenvalue weighted by Gasteiger charge is 2.11. The van der Waals surface area contributed by atoms with Gasteiger partial charge in [0.1, 0.15) is 0 Å². The van der Waals surface area contributed by atoms with Crippen molar-refractivity contribution in [2.24, 2.45) is 0 Å². The van der Waals surface area contributed by atoms with Gasteiger partial charge in [-0.25, -0.2) is 0 Å². The van der Waals surface area contributed by atoms with Gasteiger partial charge in [-0.1, -0.05) is 12.1 Å². The average molecular weight is 340 g/mol. The fraction of sp³-hybridized carbons (Fsp3) is 0.250. The number of benzene rings is 3. The number of rotatable bonds is 2. The van der Waals surface area contributed by atoms with E-state index < -0.39 is 0 Å². The molecule has 0 aliphatic heterocycles. The van der Waals surface area contributed by atoms with Gasteiger partial charge < -0.3 is 9.13 Å². The van der Waals surface area contributed by atoms with Gasteiger partial charge in [0, 0.05) is 46.3 Å². The van der Waals surface area contributed by atoms with E-state index in [1.165, 1.54) is 54.7 Å². The Kier molecular flexibility index (Phi) is 3.21. The number of hydrogen-bond donors (Lipinski definition) is 0. The highest BCUT2D eigenvalue weighted by atomic mass is 15.0. The summed E-state index contributed by atoms with van der Waals surface area (Å²) in [6.45, 7) is 10.9. The van der Waals surface area contributed by atoms with Gasteiger partial charge in [0.15, 0.2) is 0 Å². The van der Waals surface area contributed by atoms with Crippen LogP contribution in [0.3, 0.4) is 0 Å². The molecule has 0 saturated carbocycles. The molecule has 0 saturated heterocycles. The molecule has 2 aromatic heterocycles. The molecule has 2 heterocycles. The lowest BCUT2D eigenvalue weighted by Crippen LogP contribution is -1.96. The predicted molar refractivity (Wildman–Crippen MR) is 113 cm³/mol. The SMILES string of the molecule is CCn1c(C)cc2cc3ccc4cc5cc(C)n(CC)c5cc4c3cc21. The lowest BCUT2D eigenvalue weighted by atomic mass is 9.99. The van der Waals surface area contributed by atoms with Crippen LogP contribution in [0.25, 0.3) is 43.4 Å². The Morgan fingerprint density at radius 2 is 1.00 bits per heavy atom. The molecule has 5 aromatic rings. The molecule has 0 aliphatic rings. The first kappa shape index (κ1) is 15.5. The van der Waals surface area contributed by atoms with E-state index in [-0.39, 0.29) is 0 Å². The normalized spacial score (nSPS) is 12.2. The van der Waals surface area contributed by atoms with Gasteiger partial charge in [-0.3, -0.25) is 0 Å². The maximum absolute atomic E-state index is 2.41. The van der Waals surface area contributed by atoms with Crippen molar-refractivity contribution >= 4 is 43.4 Å². The van der Waals surface area contributed by atoms with Gasteiger partial charge in [-0.2, -0.15) is 0 Å². The quantitative estimate of drug-likeness (QED) is 0.322. The molecular weight excluding hydrogens is 316 g/mol. The number of fused-ring (bicyclic) bond motifs is 5. The van der Waals surface area contributed by atoms with Gasteiger partial charge >= 0.3 is 0 Å². The summed E-state index contributed by atoms with van der Waals surface area (Å²) < 4.78 is 4.82. The zero-order chi connectivity index (χ0) is 18.0. The Morgan fingerprint density at radius 3 is 1.38 bits per heavy atom. The van der Waals surface area contributed by atoms with Crippen LogP contribution in [0, 0.1) is 13.8 Å². The number of nitrogens with zero attached hydrogens (tertiary/aromatic N) is 2. The molecule has 5 rings (SSSR count). The lowest BCUT2D eigenvalue weighted by molar-refractivity contribution is 0.770. The summed E-state index contributed by atoms with van der Waals surface area (Å²) in [6, 6.07) is 18.6. The van der Waals surface area contributed by atoms with Crippen LogP contribution >= 0.6 is 0 Å². The van der Waals surface area contributed by atoms with Crippen LogP contribution in [0.2, 0.25) is 0 Å². The van der Waals surface area contributed by atoms with Crippen LogP contribution in [-0.4, -0.2) is 9.13 Å². The van der Waals surface area contributed by atoms with Gasteiger partial charge in [-0.05, 0) is 85.6 Å². The smallest absolute Gasteiger partial charge is 0.0488 e. The van der Waals surface area contributed by atoms with E-state index in [4.69, 9.17) is 0 Å². The highest BCUT2D eigenvalue weighted by Crippen LogP contribution is 2.34. The van der Waals surface area contributed by atoms with Crippen LogP contribution in [0.5, 0.6) is 0 Å². The Hall–Kier alpha value is -2.74. The van der Waals surface area contributed by atoms with Crippen LogP contribution in [0.15, 0.2) is 48.5 Å². The molecular formula is C24H24N2. The maximum Gasteiger partial charge on any atom is 0.0488 e. The third kappa shape index (κ3) is 1.99. The van der Waals surface area contributed by atoms with Gasteiger partial charge in [0.2, 0.25) is 0 Å². The van der Waals surface area contributed by atoms with Crippen molar-refractivity contribution in [3.63, 3.8) is 0 Å². The van der Waals surface area contributed by atoms with Crippen molar-refractivity contribution in [2.75, 3.05) is 0 Å². The largest absolute Gasteiger partial charge is 0.345 e. The van der Waals surface area contributed by atoms with Gasteiger partial charge in [0.25, 0.3) is 0 Å². The Bertz CT molecular complexity index is 1210. The van der Waals surface area contributed by atoms with Crippen LogP contribution in [0.1, 0.15) is 25.2 Å². The van der Waals surface area contributed by atoms with Crippen molar-refractivity contribution in [3.05, 3.63) is 59.9 Å². The third-order valence-corrected chi connectivity index (χ3v) is 5.92. The molecule has 0 radical (unpaired) electrons. The zero-order valence-corrected chi connectivity index (χ0v) is 15.9. The first-order valence-electron chi connectivity index (χ1n) is 9.57. The van der Waals surface area contributed by atoms with E-state index in [0.29, 0.717) is 0 Å². The molecule has 0 unspecified atom stereocenters. The Labute approximate surface area is 153 Å². The molecule has 0 aliphatic carbocycles. The summed E-state index contributed by atoms with van der Waals surface area (Å²) in [7, 11) is 0. The average Bonchev–Trinajstić information content (AvgIpc) is 3.11. The van der Waals surface area contributed by atoms with Crippen molar-refractivity contribution in [1.82, 2.24) is 9.13 Å². The number of hydrogen-bond acceptors (Lipinski definition) is 0. The van der Waals surface area contributed by atoms with Gasteiger partial charge in [-0.15, -0.1) is 0 Å². The minimum absolute atomic E-state index is 1.01. The van der Waals surface area contributed by atoms with E-state index in [0.717, 1.165) is 13.1 Å². The molecule has 0 N–H and O–H groups in total. The fourth-order valence-electron chi connectivity index (χ4n) is 4.69. The van der Waals surface area contributed by atoms with Crippen LogP contribution in [0.4, 0.5) is 0 Å². The first-order valence-corrected chi connectivity index (χ1v) is 9.57. The number of aryl methyl sites for hydroxylation is 4. The monoisotopic (exact) mass is 340 g/mol. The molecule has 0 fully saturated rings. The summed E-state index contributed by atoms with van der Waals surface area (Å²) in [5.41, 5.74) is 5.35. The van der Waals surface area contributed by atoms with Crippen molar-refractivity contribution in [3.8, 4) is 0 Å². The molecule has 0 spiro atoms. The van der Waals surface area contributed by atoms with E-state index >= 15 is 0 Å². The lowest BCUT2D eigenvalue weighted by Gasteiger charge is -2.09. The van der Waals surface area contributed by atoms with E-state index in [2.05, 4.69) is 85.4 Å². The second kappa shape index (κ2) is 5.38. The molecule has 3 aromatic carbocycles. The third-order valence-electron chi connectivity index (χ3n) is 5.92. The summed E-state index contributed by atoms with van der Waals surface area (Å²) in [5.74, 6) is 0. The minimum atomic E-state index is 1.01. The second-order valence-electron chi connectivity index (χ2n) is 7.39. The summed E-state index contributed by atoms with van der Waals surface area (Å²) in [4.78, 5) is 0. The van der Waals surface area contributed by atoms with E-state index in [1.54, 1.807) is 0 Å². The fourth-order valence-corrected chi connectivity index (χ4v) is 4.69. The summed E-state index contributed by atoms with van der Waals surface area (Å²) >= 11 is 0. The molecule has 130 valence electrons. The van der Waals surface area contributed by atoms with E-state index in [1.807, 2.05) is 0 Å². The summed E-state index contributed by atoms with van der Waals surface area (Å²) in [5, 5.41) is 8.03. The highest BCUT2D eigenvalue weighted by molar-refractivity contribution is 6.14. The Morgan fingerprint density at radius 1 is 0.577 bits per heavy atom. The van der Waals surface area contributed by atoms with Crippen LogP contribution in [-0.2, 0) is 13.1 Å². The Balaban J connectivity index is 1.95. The second-order valence-corrected chi connectivity index (χ2v) is 7.39. The predicted octanol–water partition coefficient (Wildman–Crippen LogP) is 6.56. The molecule has 0 bridgehead atoms. The van der Waals surface area contributed by atoms with Crippen molar-refractivity contribution in [1.29, 1.82) is 0 Å². The first-order chi connectivity index (χ1) is 12.6. The van der Waals surface area contributed by atoms with Crippen molar-refractivity contribution < 1.29 is 0 Å². The molecule has 0 amide bonds. The minimum Gasteiger partial charge on any atom is -0.345 e. The maximum atomic E-state index is 2.41. The standard InChI is InChI=1S/C24H24N2/c1-5-25-15(3)9-19-11-17-7-8-18-12-20-10-16(4)26(6-2)24(20)14-22(18)21(17)13-23(19)25/h7-14H,5-6H2,1-4H3. The summed E-state index contributed by atoms with van der Waals surface area (Å²) in [6.07, 6.45) is 0. The number of aromatic nitrogens is 2. The van der Waals surface area contributed by atoms with E-state index in [9.17, 15) is 0 Å². The zero-order valence-electron chi connectivity index (χ0n) is 15.9. The molecule has 2 heteroatoms. The van der Waals surface area contributed by atoms with Crippen LogP contribution < -0.4 is 0 Å². The van der Waals surface area contributed by atoms with Gasteiger partial charge in [0.05, 0.1) is 0 Å². The molecule has 26 heavy (non-hydrogen) atoms. The van der Waals surface area contributed by atoms with Crippen molar-refractivity contribution in [2.45, 2.75) is 40.8 Å².